The molecule has 0 aromatic heterocycles. The number of carbonyl (C=O) groups is 1. The molecule has 0 heterocycles. The highest BCUT2D eigenvalue weighted by molar-refractivity contribution is 14.1. The molecule has 0 spiro atoms. The van der Waals surface area contributed by atoms with Gasteiger partial charge >= 0.3 is 0 Å². The van der Waals surface area contributed by atoms with Gasteiger partial charge in [-0.1, -0.05) is 6.58 Å². The minimum atomic E-state index is -0.238. The summed E-state index contributed by atoms with van der Waals surface area (Å²) in [6.45, 7) is 5.58. The second-order valence-corrected chi connectivity index (χ2v) is 2.08. The van der Waals surface area contributed by atoms with E-state index in [-0.39, 0.29) is 5.91 Å². The van der Waals surface area contributed by atoms with Crippen molar-refractivity contribution in [1.82, 2.24) is 3.28 Å². The normalized spacial score (nSPS) is 8.67. The first kappa shape index (κ1) is 8.90. The average Bonchev–Trinajstić information content (AvgIpc) is 1.87. The minimum absolute atomic E-state index is 0.238. The molecule has 52 valence electrons. The molecule has 0 unspecified atom stereocenters. The first-order chi connectivity index (χ1) is 4.22. The molecule has 3 nitrogen and oxygen atoms in total. The topological polar surface area (TPSA) is 29.5 Å². The van der Waals surface area contributed by atoms with Crippen molar-refractivity contribution in [2.24, 2.45) is 0 Å². The molecule has 9 heavy (non-hydrogen) atoms. The van der Waals surface area contributed by atoms with Crippen LogP contribution in [0.1, 0.15) is 6.92 Å². The molecule has 0 saturated carbocycles. The Morgan fingerprint density at radius 2 is 2.56 bits per heavy atom. The number of amides is 1. The third-order valence-electron chi connectivity index (χ3n) is 0.590. The Morgan fingerprint density at radius 3 is 2.89 bits per heavy atom. The smallest absolute Gasteiger partial charge is 0.267 e. The molecule has 0 aromatic carbocycles. The van der Waals surface area contributed by atoms with Crippen LogP contribution < -0.4 is 0 Å². The van der Waals surface area contributed by atoms with Gasteiger partial charge in [0.05, 0.1) is 29.5 Å². The van der Waals surface area contributed by atoms with E-state index in [1.165, 1.54) is 6.08 Å². The van der Waals surface area contributed by atoms with E-state index in [9.17, 15) is 4.79 Å². The Hall–Kier alpha value is -0.100. The molecule has 0 rings (SSSR count). The molecule has 0 N–H and O–H groups in total. The van der Waals surface area contributed by atoms with Crippen molar-refractivity contribution in [1.29, 1.82) is 0 Å². The van der Waals surface area contributed by atoms with Gasteiger partial charge < -0.3 is 0 Å². The Kier molecular flexibility index (Phi) is 4.70. The molecule has 0 radical (unpaired) electrons. The molecular formula is C5H8INO2. The number of hydroxylamine groups is 1. The predicted molar refractivity (Wildman–Crippen MR) is 42.7 cm³/mol. The largest absolute Gasteiger partial charge is 0.278 e. The van der Waals surface area contributed by atoms with Gasteiger partial charge in [0.25, 0.3) is 5.91 Å². The number of rotatable bonds is 3. The number of hydrogen-bond acceptors (Lipinski definition) is 2. The first-order valence-corrected chi connectivity index (χ1v) is 3.44. The Bertz CT molecular complexity index is 116. The van der Waals surface area contributed by atoms with Gasteiger partial charge in [-0.05, 0) is 13.0 Å². The van der Waals surface area contributed by atoms with Gasteiger partial charge in [-0.15, -0.1) is 0 Å². The fourth-order valence-corrected chi connectivity index (χ4v) is 0.724. The maximum Gasteiger partial charge on any atom is 0.278 e. The summed E-state index contributed by atoms with van der Waals surface area (Å²) in [5.74, 6) is -0.238. The number of carbonyl (C=O) groups excluding carboxylic acids is 1. The van der Waals surface area contributed by atoms with Gasteiger partial charge in [0, 0.05) is 0 Å². The Labute approximate surface area is 68.1 Å². The summed E-state index contributed by atoms with van der Waals surface area (Å²) < 4.78 is 1.12. The lowest BCUT2D eigenvalue weighted by molar-refractivity contribution is -0.144. The highest BCUT2D eigenvalue weighted by Crippen LogP contribution is 1.99. The SMILES string of the molecule is C=CC(=O)N(I)OCC. The van der Waals surface area contributed by atoms with Crippen LogP contribution in [0.4, 0.5) is 0 Å². The maximum absolute atomic E-state index is 10.6. The molecule has 0 atom stereocenters. The van der Waals surface area contributed by atoms with E-state index in [0.717, 1.165) is 3.28 Å². The van der Waals surface area contributed by atoms with Gasteiger partial charge in [0.1, 0.15) is 0 Å². The molecular weight excluding hydrogens is 233 g/mol. The summed E-state index contributed by atoms with van der Waals surface area (Å²) in [7, 11) is 0. The van der Waals surface area contributed by atoms with Gasteiger partial charge in [0.15, 0.2) is 0 Å². The minimum Gasteiger partial charge on any atom is -0.267 e. The van der Waals surface area contributed by atoms with E-state index in [2.05, 4.69) is 6.58 Å². The number of halogens is 1. The van der Waals surface area contributed by atoms with E-state index in [4.69, 9.17) is 4.84 Å². The lowest BCUT2D eigenvalue weighted by Crippen LogP contribution is -2.18. The zero-order valence-corrected chi connectivity index (χ0v) is 7.29. The van der Waals surface area contributed by atoms with Crippen molar-refractivity contribution in [3.05, 3.63) is 12.7 Å². The van der Waals surface area contributed by atoms with Crippen molar-refractivity contribution < 1.29 is 9.63 Å². The summed E-state index contributed by atoms with van der Waals surface area (Å²) in [5, 5.41) is 0. The number of hydrogen-bond donors (Lipinski definition) is 0. The highest BCUT2D eigenvalue weighted by atomic mass is 127. The van der Waals surface area contributed by atoms with Crippen molar-refractivity contribution in [3.8, 4) is 0 Å². The van der Waals surface area contributed by atoms with Crippen LogP contribution in [-0.4, -0.2) is 15.8 Å². The second kappa shape index (κ2) is 4.75. The zero-order valence-electron chi connectivity index (χ0n) is 5.13. The molecule has 4 heteroatoms. The fraction of sp³-hybridized carbons (Fsp3) is 0.400. The lowest BCUT2D eigenvalue weighted by atomic mass is 10.6. The van der Waals surface area contributed by atoms with Gasteiger partial charge in [-0.2, -0.15) is 3.28 Å². The summed E-state index contributed by atoms with van der Waals surface area (Å²) in [6.07, 6.45) is 1.20. The number of nitrogens with zero attached hydrogens (tertiary/aromatic N) is 1. The van der Waals surface area contributed by atoms with Crippen LogP contribution in [0.3, 0.4) is 0 Å². The molecule has 0 bridgehead atoms. The third-order valence-corrected chi connectivity index (χ3v) is 1.34. The van der Waals surface area contributed by atoms with Crippen LogP contribution in [0.15, 0.2) is 12.7 Å². The zero-order chi connectivity index (χ0) is 7.28. The highest BCUT2D eigenvalue weighted by Gasteiger charge is 2.03. The van der Waals surface area contributed by atoms with Crippen LogP contribution in [0.2, 0.25) is 0 Å². The molecule has 0 aliphatic heterocycles. The monoisotopic (exact) mass is 241 g/mol. The molecule has 0 aliphatic rings. The maximum atomic E-state index is 10.6. The first-order valence-electron chi connectivity index (χ1n) is 2.47. The van der Waals surface area contributed by atoms with Gasteiger partial charge in [-0.3, -0.25) is 9.63 Å². The van der Waals surface area contributed by atoms with Crippen LogP contribution in [0.5, 0.6) is 0 Å². The summed E-state index contributed by atoms with van der Waals surface area (Å²) in [5.41, 5.74) is 0. The summed E-state index contributed by atoms with van der Waals surface area (Å²) in [6, 6.07) is 0. The van der Waals surface area contributed by atoms with Crippen LogP contribution in [0, 0.1) is 0 Å². The van der Waals surface area contributed by atoms with Crippen LogP contribution in [-0.2, 0) is 9.63 Å². The quantitative estimate of drug-likeness (QED) is 0.322. The lowest BCUT2D eigenvalue weighted by Gasteiger charge is -2.08. The second-order valence-electron chi connectivity index (χ2n) is 1.20. The molecule has 0 saturated heterocycles. The van der Waals surface area contributed by atoms with Crippen LogP contribution in [0.25, 0.3) is 0 Å². The molecule has 1 amide bonds. The fourth-order valence-electron chi connectivity index (χ4n) is 0.249. The van der Waals surface area contributed by atoms with E-state index in [0.29, 0.717) is 6.61 Å². The third kappa shape index (κ3) is 3.47. The van der Waals surface area contributed by atoms with E-state index in [1.54, 1.807) is 22.9 Å². The van der Waals surface area contributed by atoms with E-state index >= 15 is 0 Å². The standard InChI is InChI=1S/C5H8INO2/c1-3-5(8)7(6)9-4-2/h3H,1,4H2,2H3. The van der Waals surface area contributed by atoms with Crippen molar-refractivity contribution in [2.75, 3.05) is 6.61 Å². The van der Waals surface area contributed by atoms with E-state index < -0.39 is 0 Å². The predicted octanol–water partition coefficient (Wildman–Crippen LogP) is 1.30. The van der Waals surface area contributed by atoms with Crippen molar-refractivity contribution >= 4 is 28.8 Å². The summed E-state index contributed by atoms with van der Waals surface area (Å²) >= 11 is 1.76. The molecule has 0 aromatic rings. The average molecular weight is 241 g/mol. The molecule has 0 fully saturated rings. The van der Waals surface area contributed by atoms with Crippen molar-refractivity contribution in [2.45, 2.75) is 6.92 Å². The van der Waals surface area contributed by atoms with Gasteiger partial charge in [-0.25, -0.2) is 0 Å². The van der Waals surface area contributed by atoms with Crippen LogP contribution >= 0.6 is 22.9 Å². The Balaban J connectivity index is 3.58. The summed E-state index contributed by atoms with van der Waals surface area (Å²) in [4.78, 5) is 15.4. The Morgan fingerprint density at radius 1 is 2.00 bits per heavy atom. The van der Waals surface area contributed by atoms with Crippen molar-refractivity contribution in [3.63, 3.8) is 0 Å². The molecule has 0 aliphatic carbocycles. The van der Waals surface area contributed by atoms with Gasteiger partial charge in [0.2, 0.25) is 0 Å². The van der Waals surface area contributed by atoms with E-state index in [1.807, 2.05) is 6.92 Å².